The molecule has 1 atom stereocenters. The van der Waals surface area contributed by atoms with Crippen LogP contribution in [-0.4, -0.2) is 20.7 Å². The first kappa shape index (κ1) is 15.9. The minimum atomic E-state index is -0.460. The zero-order valence-electron chi connectivity index (χ0n) is 13.8. The van der Waals surface area contributed by atoms with E-state index in [0.717, 1.165) is 16.5 Å². The molecule has 1 amide bonds. The zero-order chi connectivity index (χ0) is 17.9. The molecule has 0 aliphatic rings. The van der Waals surface area contributed by atoms with Gasteiger partial charge < -0.3 is 9.73 Å². The van der Waals surface area contributed by atoms with Gasteiger partial charge in [-0.25, -0.2) is 9.89 Å². The van der Waals surface area contributed by atoms with Crippen molar-refractivity contribution in [3.8, 4) is 0 Å². The van der Waals surface area contributed by atoms with E-state index < -0.39 is 11.7 Å². The highest BCUT2D eigenvalue weighted by atomic mass is 16.3. The third-order valence-corrected chi connectivity index (χ3v) is 4.10. The van der Waals surface area contributed by atoms with Crippen LogP contribution in [0.15, 0.2) is 76.2 Å². The van der Waals surface area contributed by atoms with Crippen molar-refractivity contribution in [1.29, 1.82) is 0 Å². The summed E-state index contributed by atoms with van der Waals surface area (Å²) in [5.74, 6) is 0.313. The first-order valence-corrected chi connectivity index (χ1v) is 8.13. The van der Waals surface area contributed by atoms with E-state index in [0.29, 0.717) is 5.76 Å². The van der Waals surface area contributed by atoms with E-state index in [-0.39, 0.29) is 12.5 Å². The van der Waals surface area contributed by atoms with Gasteiger partial charge in [-0.15, -0.1) is 0 Å². The number of hydrogen-bond donors (Lipinski definition) is 2. The smallest absolute Gasteiger partial charge is 0.343 e. The summed E-state index contributed by atoms with van der Waals surface area (Å²) >= 11 is 0. The molecular formula is C19H16N4O3. The number of H-pyrrole nitrogens is 1. The van der Waals surface area contributed by atoms with Crippen LogP contribution in [0.25, 0.3) is 11.0 Å². The van der Waals surface area contributed by atoms with Crippen LogP contribution in [0.2, 0.25) is 0 Å². The monoisotopic (exact) mass is 348 g/mol. The molecule has 130 valence electrons. The van der Waals surface area contributed by atoms with Gasteiger partial charge in [0, 0.05) is 5.39 Å². The maximum absolute atomic E-state index is 12.5. The summed E-state index contributed by atoms with van der Waals surface area (Å²) in [6.07, 6.45) is 1.29. The van der Waals surface area contributed by atoms with Crippen LogP contribution in [0.4, 0.5) is 0 Å². The molecule has 0 saturated heterocycles. The zero-order valence-corrected chi connectivity index (χ0v) is 13.8. The molecule has 2 aromatic carbocycles. The normalized spacial score (nSPS) is 12.2. The Hall–Kier alpha value is -3.61. The molecule has 0 spiro atoms. The molecule has 26 heavy (non-hydrogen) atoms. The number of aromatic amines is 1. The molecule has 2 aromatic heterocycles. The molecule has 0 fully saturated rings. The van der Waals surface area contributed by atoms with Crippen molar-refractivity contribution in [1.82, 2.24) is 20.1 Å². The number of para-hydroxylation sites is 1. The summed E-state index contributed by atoms with van der Waals surface area (Å²) in [5.41, 5.74) is 1.21. The van der Waals surface area contributed by atoms with Gasteiger partial charge in [0.25, 0.3) is 0 Å². The molecule has 0 saturated carbocycles. The Morgan fingerprint density at radius 3 is 2.65 bits per heavy atom. The average Bonchev–Trinajstić information content (AvgIpc) is 3.26. The van der Waals surface area contributed by atoms with Crippen molar-refractivity contribution >= 4 is 16.9 Å². The molecule has 4 rings (SSSR count). The fourth-order valence-corrected chi connectivity index (χ4v) is 2.85. The largest absolute Gasteiger partial charge is 0.459 e. The quantitative estimate of drug-likeness (QED) is 0.578. The number of furan rings is 1. The number of hydrogen-bond acceptors (Lipinski definition) is 4. The summed E-state index contributed by atoms with van der Waals surface area (Å²) in [4.78, 5) is 24.0. The minimum Gasteiger partial charge on any atom is -0.459 e. The van der Waals surface area contributed by atoms with E-state index in [1.807, 2.05) is 60.7 Å². The maximum atomic E-state index is 12.5. The van der Waals surface area contributed by atoms with Gasteiger partial charge in [0.1, 0.15) is 30.3 Å². The van der Waals surface area contributed by atoms with E-state index in [1.54, 1.807) is 0 Å². The van der Waals surface area contributed by atoms with Crippen molar-refractivity contribution in [2.45, 2.75) is 12.6 Å². The number of fused-ring (bicyclic) bond motifs is 1. The van der Waals surface area contributed by atoms with Gasteiger partial charge in [-0.2, -0.15) is 5.10 Å². The lowest BCUT2D eigenvalue weighted by Crippen LogP contribution is -2.34. The molecule has 2 N–H and O–H groups in total. The summed E-state index contributed by atoms with van der Waals surface area (Å²) in [6, 6.07) is 18.7. The molecular weight excluding hydrogens is 332 g/mol. The van der Waals surface area contributed by atoms with Crippen molar-refractivity contribution < 1.29 is 9.21 Å². The molecule has 0 radical (unpaired) electrons. The maximum Gasteiger partial charge on any atom is 0.343 e. The van der Waals surface area contributed by atoms with Gasteiger partial charge in [-0.3, -0.25) is 9.36 Å². The van der Waals surface area contributed by atoms with Gasteiger partial charge >= 0.3 is 5.69 Å². The summed E-state index contributed by atoms with van der Waals surface area (Å²) in [6.45, 7) is -0.126. The summed E-state index contributed by atoms with van der Waals surface area (Å²) in [7, 11) is 0. The molecule has 4 aromatic rings. The number of carbonyl (C=O) groups is 1. The number of nitrogens with zero attached hydrogens (tertiary/aromatic N) is 2. The number of amides is 1. The Bertz CT molecular complexity index is 1060. The van der Waals surface area contributed by atoms with E-state index in [9.17, 15) is 9.59 Å². The van der Waals surface area contributed by atoms with Gasteiger partial charge in [0.15, 0.2) is 0 Å². The van der Waals surface area contributed by atoms with Crippen molar-refractivity contribution in [3.05, 3.63) is 88.8 Å². The lowest BCUT2D eigenvalue weighted by Gasteiger charge is -2.17. The van der Waals surface area contributed by atoms with Gasteiger partial charge in [0.2, 0.25) is 5.91 Å². The van der Waals surface area contributed by atoms with E-state index in [1.165, 1.54) is 10.9 Å². The fraction of sp³-hybridized carbons (Fsp3) is 0.105. The van der Waals surface area contributed by atoms with E-state index >= 15 is 0 Å². The molecule has 0 aliphatic heterocycles. The molecule has 0 bridgehead atoms. The lowest BCUT2D eigenvalue weighted by atomic mass is 10.0. The average molecular weight is 348 g/mol. The number of carbonyl (C=O) groups excluding carboxylic acids is 1. The molecule has 0 unspecified atom stereocenters. The standard InChI is InChI=1S/C19H16N4O3/c24-17(11-23-12-20-22-19(23)25)21-18(13-6-2-1-3-7-13)16-10-14-8-4-5-9-15(14)26-16/h1-10,12,18H,11H2,(H,21,24)(H,22,25)/t18-/m1/s1. The highest BCUT2D eigenvalue weighted by molar-refractivity contribution is 5.79. The highest BCUT2D eigenvalue weighted by Gasteiger charge is 2.21. The second kappa shape index (κ2) is 6.72. The Kier molecular flexibility index (Phi) is 4.10. The number of rotatable bonds is 5. The van der Waals surface area contributed by atoms with E-state index in [4.69, 9.17) is 4.42 Å². The minimum absolute atomic E-state index is 0.126. The van der Waals surface area contributed by atoms with Gasteiger partial charge in [0.05, 0.1) is 0 Å². The lowest BCUT2D eigenvalue weighted by molar-refractivity contribution is -0.122. The second-order valence-electron chi connectivity index (χ2n) is 5.89. The third-order valence-electron chi connectivity index (χ3n) is 4.10. The van der Waals surface area contributed by atoms with Crippen LogP contribution in [0.1, 0.15) is 17.4 Å². The first-order valence-electron chi connectivity index (χ1n) is 8.13. The van der Waals surface area contributed by atoms with E-state index in [2.05, 4.69) is 15.5 Å². The molecule has 7 nitrogen and oxygen atoms in total. The third kappa shape index (κ3) is 3.14. The van der Waals surface area contributed by atoms with Crippen LogP contribution >= 0.6 is 0 Å². The van der Waals surface area contributed by atoms with Crippen LogP contribution in [0, 0.1) is 0 Å². The Morgan fingerprint density at radius 1 is 1.15 bits per heavy atom. The van der Waals surface area contributed by atoms with Crippen LogP contribution < -0.4 is 11.0 Å². The number of nitrogens with one attached hydrogen (secondary N) is 2. The van der Waals surface area contributed by atoms with Crippen molar-refractivity contribution in [3.63, 3.8) is 0 Å². The molecule has 0 aliphatic carbocycles. The second-order valence-corrected chi connectivity index (χ2v) is 5.89. The first-order chi connectivity index (χ1) is 12.7. The SMILES string of the molecule is O=C(Cn1cn[nH]c1=O)N[C@H](c1ccccc1)c1cc2ccccc2o1. The molecule has 2 heterocycles. The van der Waals surface area contributed by atoms with Crippen LogP contribution in [-0.2, 0) is 11.3 Å². The predicted molar refractivity (Wildman–Crippen MR) is 95.5 cm³/mol. The number of aromatic nitrogens is 3. The van der Waals surface area contributed by atoms with Crippen molar-refractivity contribution in [2.75, 3.05) is 0 Å². The Labute approximate surface area is 148 Å². The molecule has 7 heteroatoms. The topological polar surface area (TPSA) is 92.9 Å². The van der Waals surface area contributed by atoms with Crippen LogP contribution in [0.5, 0.6) is 0 Å². The Balaban J connectivity index is 1.66. The Morgan fingerprint density at radius 2 is 1.92 bits per heavy atom. The summed E-state index contributed by atoms with van der Waals surface area (Å²) in [5, 5.41) is 9.80. The van der Waals surface area contributed by atoms with Gasteiger partial charge in [-0.05, 0) is 17.7 Å². The van der Waals surface area contributed by atoms with Crippen molar-refractivity contribution in [2.24, 2.45) is 0 Å². The highest BCUT2D eigenvalue weighted by Crippen LogP contribution is 2.28. The number of benzene rings is 2. The summed E-state index contributed by atoms with van der Waals surface area (Å²) < 4.78 is 7.15. The predicted octanol–water partition coefficient (Wildman–Crippen LogP) is 2.22. The fourth-order valence-electron chi connectivity index (χ4n) is 2.85. The van der Waals surface area contributed by atoms with Gasteiger partial charge in [-0.1, -0.05) is 48.5 Å². The van der Waals surface area contributed by atoms with Crippen LogP contribution in [0.3, 0.4) is 0 Å².